The monoisotopic (exact) mass is 421 g/mol. The van der Waals surface area contributed by atoms with Crippen molar-refractivity contribution < 1.29 is 4.42 Å². The molecule has 0 atom stereocenters. The minimum atomic E-state index is 0.397. The zero-order chi connectivity index (χ0) is 20.8. The molecule has 0 aliphatic carbocycles. The highest BCUT2D eigenvalue weighted by atomic mass is 32.1. The molecule has 4 aromatic rings. The maximum Gasteiger partial charge on any atom is 0.226 e. The van der Waals surface area contributed by atoms with Crippen molar-refractivity contribution in [1.82, 2.24) is 30.4 Å². The summed E-state index contributed by atoms with van der Waals surface area (Å²) in [6.07, 6.45) is 1.65. The zero-order valence-corrected chi connectivity index (χ0v) is 17.7. The number of benzene rings is 1. The van der Waals surface area contributed by atoms with Crippen LogP contribution in [0.2, 0.25) is 0 Å². The summed E-state index contributed by atoms with van der Waals surface area (Å²) >= 11 is 1.70. The first-order valence-electron chi connectivity index (χ1n) is 9.58. The van der Waals surface area contributed by atoms with Gasteiger partial charge in [0, 0.05) is 17.5 Å². The van der Waals surface area contributed by atoms with Gasteiger partial charge in [0.2, 0.25) is 5.89 Å². The number of guanidine groups is 1. The van der Waals surface area contributed by atoms with Crippen molar-refractivity contribution in [1.29, 1.82) is 0 Å². The summed E-state index contributed by atoms with van der Waals surface area (Å²) in [7, 11) is 1.95. The van der Waals surface area contributed by atoms with E-state index in [1.54, 1.807) is 17.6 Å². The first kappa shape index (κ1) is 19.8. The Labute approximate surface area is 178 Å². The van der Waals surface area contributed by atoms with Crippen LogP contribution in [0, 0.1) is 6.92 Å². The van der Waals surface area contributed by atoms with Crippen molar-refractivity contribution in [3.63, 3.8) is 0 Å². The average Bonchev–Trinajstić information content (AvgIpc) is 3.52. The van der Waals surface area contributed by atoms with Crippen LogP contribution in [0.3, 0.4) is 0 Å². The molecule has 0 spiro atoms. The lowest BCUT2D eigenvalue weighted by atomic mass is 10.2. The number of aryl methyl sites for hydroxylation is 1. The minimum Gasteiger partial charge on any atom is -0.444 e. The van der Waals surface area contributed by atoms with Gasteiger partial charge in [0.15, 0.2) is 11.8 Å². The Morgan fingerprint density at radius 2 is 1.93 bits per heavy atom. The summed E-state index contributed by atoms with van der Waals surface area (Å²) in [6.45, 7) is 3.53. The van der Waals surface area contributed by atoms with E-state index in [-0.39, 0.29) is 0 Å². The van der Waals surface area contributed by atoms with Crippen LogP contribution in [0.15, 0.2) is 63.5 Å². The molecule has 9 heteroatoms. The van der Waals surface area contributed by atoms with E-state index in [4.69, 9.17) is 4.42 Å². The Balaban J connectivity index is 1.44. The molecule has 30 heavy (non-hydrogen) atoms. The van der Waals surface area contributed by atoms with Crippen LogP contribution in [0.1, 0.15) is 22.2 Å². The molecule has 0 bridgehead atoms. The van der Waals surface area contributed by atoms with Crippen LogP contribution in [0.5, 0.6) is 0 Å². The van der Waals surface area contributed by atoms with Gasteiger partial charge in [0.25, 0.3) is 0 Å². The standard InChI is InChI=1S/C21H23N7OS/c1-15-26-27-19(28(15)2)13-24-21(23-12-18-9-6-10-30-18)22-11-17-14-29-20(25-17)16-7-4-3-5-8-16/h3-10,14H,11-13H2,1-2H3,(H2,22,23,24). The summed E-state index contributed by atoms with van der Waals surface area (Å²) in [5.74, 6) is 2.98. The zero-order valence-electron chi connectivity index (χ0n) is 16.9. The van der Waals surface area contributed by atoms with Gasteiger partial charge < -0.3 is 19.6 Å². The molecule has 154 valence electrons. The van der Waals surface area contributed by atoms with Gasteiger partial charge in [-0.15, -0.1) is 21.5 Å². The fourth-order valence-electron chi connectivity index (χ4n) is 2.78. The fourth-order valence-corrected chi connectivity index (χ4v) is 3.42. The summed E-state index contributed by atoms with van der Waals surface area (Å²) in [6, 6.07) is 14.0. The molecule has 3 heterocycles. The molecule has 0 amide bonds. The lowest BCUT2D eigenvalue weighted by molar-refractivity contribution is 0.572. The van der Waals surface area contributed by atoms with E-state index in [1.807, 2.05) is 54.9 Å². The topological polar surface area (TPSA) is 93.2 Å². The lowest BCUT2D eigenvalue weighted by Crippen LogP contribution is -2.37. The van der Waals surface area contributed by atoms with Crippen molar-refractivity contribution >= 4 is 17.3 Å². The minimum absolute atomic E-state index is 0.397. The largest absolute Gasteiger partial charge is 0.444 e. The Morgan fingerprint density at radius 1 is 1.10 bits per heavy atom. The van der Waals surface area contributed by atoms with Crippen LogP contribution >= 0.6 is 11.3 Å². The van der Waals surface area contributed by atoms with Gasteiger partial charge in [0.05, 0.1) is 19.6 Å². The van der Waals surface area contributed by atoms with Crippen LogP contribution in [0.4, 0.5) is 0 Å². The molecular formula is C21H23N7OS. The second-order valence-corrected chi connectivity index (χ2v) is 7.72. The third-order valence-corrected chi connectivity index (χ3v) is 5.45. The third-order valence-electron chi connectivity index (χ3n) is 4.58. The van der Waals surface area contributed by atoms with Gasteiger partial charge in [-0.1, -0.05) is 24.3 Å². The Hall–Kier alpha value is -3.46. The molecule has 0 saturated heterocycles. The Kier molecular flexibility index (Phi) is 6.19. The predicted octanol–water partition coefficient (Wildman–Crippen LogP) is 3.28. The van der Waals surface area contributed by atoms with Crippen LogP contribution in [-0.4, -0.2) is 25.7 Å². The Morgan fingerprint density at radius 3 is 2.67 bits per heavy atom. The summed E-state index contributed by atoms with van der Waals surface area (Å²) in [5, 5.41) is 17.0. The van der Waals surface area contributed by atoms with E-state index < -0.39 is 0 Å². The van der Waals surface area contributed by atoms with Crippen molar-refractivity contribution in [3.05, 3.63) is 76.3 Å². The van der Waals surface area contributed by atoms with Crippen molar-refractivity contribution in [2.45, 2.75) is 26.6 Å². The molecule has 0 aliphatic rings. The maximum atomic E-state index is 5.61. The summed E-state index contributed by atoms with van der Waals surface area (Å²) in [5.41, 5.74) is 1.71. The lowest BCUT2D eigenvalue weighted by Gasteiger charge is -2.11. The number of hydrogen-bond acceptors (Lipinski definition) is 6. The van der Waals surface area contributed by atoms with E-state index in [0.29, 0.717) is 31.5 Å². The molecule has 0 aliphatic heterocycles. The van der Waals surface area contributed by atoms with Gasteiger partial charge >= 0.3 is 0 Å². The third kappa shape index (κ3) is 4.93. The predicted molar refractivity (Wildman–Crippen MR) is 117 cm³/mol. The second kappa shape index (κ2) is 9.36. The molecule has 0 fully saturated rings. The SMILES string of the molecule is Cc1nnc(CNC(=NCc2coc(-c3ccccc3)n2)NCc2cccs2)n1C. The molecule has 1 aromatic carbocycles. The fraction of sp³-hybridized carbons (Fsp3) is 0.238. The van der Waals surface area contributed by atoms with Crippen LogP contribution < -0.4 is 10.6 Å². The average molecular weight is 422 g/mol. The van der Waals surface area contributed by atoms with Crippen molar-refractivity contribution in [2.24, 2.45) is 12.0 Å². The highest BCUT2D eigenvalue weighted by Crippen LogP contribution is 2.18. The number of aliphatic imine (C=N–C) groups is 1. The van der Waals surface area contributed by atoms with Gasteiger partial charge in [0.1, 0.15) is 17.8 Å². The first-order chi connectivity index (χ1) is 14.7. The number of rotatable bonds is 7. The molecule has 0 saturated carbocycles. The summed E-state index contributed by atoms with van der Waals surface area (Å²) in [4.78, 5) is 10.4. The second-order valence-electron chi connectivity index (χ2n) is 6.68. The molecular weight excluding hydrogens is 398 g/mol. The number of thiophene rings is 1. The number of aromatic nitrogens is 4. The molecule has 0 unspecified atom stereocenters. The smallest absolute Gasteiger partial charge is 0.226 e. The van der Waals surface area contributed by atoms with E-state index >= 15 is 0 Å². The number of nitrogens with one attached hydrogen (secondary N) is 2. The molecule has 8 nitrogen and oxygen atoms in total. The van der Waals surface area contributed by atoms with Crippen LogP contribution in [0.25, 0.3) is 11.5 Å². The van der Waals surface area contributed by atoms with Gasteiger partial charge in [-0.05, 0) is 30.5 Å². The first-order valence-corrected chi connectivity index (χ1v) is 10.5. The molecule has 3 aromatic heterocycles. The van der Waals surface area contributed by atoms with Gasteiger partial charge in [-0.25, -0.2) is 9.98 Å². The van der Waals surface area contributed by atoms with Crippen molar-refractivity contribution in [2.75, 3.05) is 0 Å². The Bertz CT molecular complexity index is 1100. The van der Waals surface area contributed by atoms with Crippen LogP contribution in [-0.2, 0) is 26.7 Å². The van der Waals surface area contributed by atoms with E-state index in [2.05, 4.69) is 42.3 Å². The van der Waals surface area contributed by atoms with Gasteiger partial charge in [-0.2, -0.15) is 0 Å². The molecule has 2 N–H and O–H groups in total. The molecule has 0 radical (unpaired) electrons. The van der Waals surface area contributed by atoms with E-state index in [9.17, 15) is 0 Å². The number of hydrogen-bond donors (Lipinski definition) is 2. The van der Waals surface area contributed by atoms with E-state index in [1.165, 1.54) is 4.88 Å². The summed E-state index contributed by atoms with van der Waals surface area (Å²) < 4.78 is 7.56. The number of nitrogens with zero attached hydrogens (tertiary/aromatic N) is 5. The molecule has 4 rings (SSSR count). The number of oxazole rings is 1. The van der Waals surface area contributed by atoms with E-state index in [0.717, 1.165) is 22.9 Å². The maximum absolute atomic E-state index is 5.61. The normalized spacial score (nSPS) is 11.6. The quantitative estimate of drug-likeness (QED) is 0.351. The highest BCUT2D eigenvalue weighted by molar-refractivity contribution is 7.09. The highest BCUT2D eigenvalue weighted by Gasteiger charge is 2.09. The van der Waals surface area contributed by atoms with Crippen molar-refractivity contribution in [3.8, 4) is 11.5 Å². The van der Waals surface area contributed by atoms with Gasteiger partial charge in [-0.3, -0.25) is 0 Å².